The van der Waals surface area contributed by atoms with Crippen molar-refractivity contribution in [3.8, 4) is 5.75 Å². The molecule has 0 radical (unpaired) electrons. The summed E-state index contributed by atoms with van der Waals surface area (Å²) >= 11 is 1.20. The molecule has 0 spiro atoms. The highest BCUT2D eigenvalue weighted by molar-refractivity contribution is 7.07. The summed E-state index contributed by atoms with van der Waals surface area (Å²) in [5.74, 6) is -1.06. The largest absolute Gasteiger partial charge is 0.463 e. The lowest BCUT2D eigenvalue weighted by atomic mass is 9.93. The van der Waals surface area contributed by atoms with Gasteiger partial charge in [-0.25, -0.2) is 14.6 Å². The molecule has 0 fully saturated rings. The highest BCUT2D eigenvalue weighted by Gasteiger charge is 2.35. The lowest BCUT2D eigenvalue weighted by molar-refractivity contribution is -0.384. The molecule has 228 valence electrons. The number of hydrogen-bond acceptors (Lipinski definition) is 9. The molecule has 0 N–H and O–H groups in total. The van der Waals surface area contributed by atoms with Crippen LogP contribution in [0.25, 0.3) is 11.8 Å². The summed E-state index contributed by atoms with van der Waals surface area (Å²) in [6.45, 7) is 1.89. The number of thiazole rings is 1. The van der Waals surface area contributed by atoms with Crippen molar-refractivity contribution in [3.63, 3.8) is 0 Å². The fourth-order valence-corrected chi connectivity index (χ4v) is 6.09. The van der Waals surface area contributed by atoms with E-state index < -0.39 is 22.9 Å². The average Bonchev–Trinajstić information content (AvgIpc) is 3.39. The first kappa shape index (κ1) is 30.1. The molecule has 0 saturated heterocycles. The molecule has 4 aromatic carbocycles. The summed E-state index contributed by atoms with van der Waals surface area (Å²) in [6, 6.07) is 29.6. The number of benzene rings is 4. The van der Waals surface area contributed by atoms with Gasteiger partial charge in [0.2, 0.25) is 0 Å². The van der Waals surface area contributed by atoms with Crippen molar-refractivity contribution in [2.45, 2.75) is 13.0 Å². The maximum atomic E-state index is 14.0. The van der Waals surface area contributed by atoms with Crippen molar-refractivity contribution in [3.05, 3.63) is 167 Å². The molecular weight excluding hydrogens is 606 g/mol. The summed E-state index contributed by atoms with van der Waals surface area (Å²) < 4.78 is 12.8. The number of nitro groups is 1. The van der Waals surface area contributed by atoms with Gasteiger partial charge in [-0.2, -0.15) is 0 Å². The Hall–Kier alpha value is -5.94. The molecular formula is C35H25N3O7S. The summed E-state index contributed by atoms with van der Waals surface area (Å²) in [7, 11) is 0. The third-order valence-corrected chi connectivity index (χ3v) is 8.15. The topological polar surface area (TPSA) is 130 Å². The van der Waals surface area contributed by atoms with E-state index in [1.54, 1.807) is 37.3 Å². The van der Waals surface area contributed by atoms with Gasteiger partial charge in [0.25, 0.3) is 11.2 Å². The van der Waals surface area contributed by atoms with E-state index in [0.29, 0.717) is 20.6 Å². The number of carbonyl (C=O) groups is 2. The normalized spacial score (nSPS) is 14.3. The number of fused-ring (bicyclic) bond motifs is 1. The Morgan fingerprint density at radius 2 is 1.63 bits per heavy atom. The van der Waals surface area contributed by atoms with E-state index in [-0.39, 0.29) is 34.7 Å². The smallest absolute Gasteiger partial charge is 0.343 e. The van der Waals surface area contributed by atoms with Crippen molar-refractivity contribution in [1.29, 1.82) is 0 Å². The Labute approximate surface area is 266 Å². The highest BCUT2D eigenvalue weighted by atomic mass is 32.1. The van der Waals surface area contributed by atoms with Crippen LogP contribution < -0.4 is 19.6 Å². The first-order valence-corrected chi connectivity index (χ1v) is 15.1. The Balaban J connectivity index is 1.40. The first-order valence-electron chi connectivity index (χ1n) is 14.2. The Bertz CT molecular complexity index is 2170. The fraction of sp³-hybridized carbons (Fsp3) is 0.0857. The zero-order valence-electron chi connectivity index (χ0n) is 24.4. The SMILES string of the molecule is CCOC(=O)C1=C(c2ccccc2)N=c2s/c(=C\c3ccc(OC(=O)c4cccc([N+](=O)[O-])c4)cc3)c(=O)n2[C@H]1c1ccccc1. The van der Waals surface area contributed by atoms with Gasteiger partial charge in [-0.05, 0) is 42.3 Å². The van der Waals surface area contributed by atoms with Crippen LogP contribution in [0.2, 0.25) is 0 Å². The van der Waals surface area contributed by atoms with Crippen LogP contribution in [0.3, 0.4) is 0 Å². The minimum atomic E-state index is -0.774. The van der Waals surface area contributed by atoms with E-state index in [2.05, 4.69) is 0 Å². The lowest BCUT2D eigenvalue weighted by Gasteiger charge is -2.25. The van der Waals surface area contributed by atoms with Gasteiger partial charge in [-0.1, -0.05) is 90.2 Å². The number of carbonyl (C=O) groups excluding carboxylic acids is 2. The van der Waals surface area contributed by atoms with Gasteiger partial charge in [-0.3, -0.25) is 19.5 Å². The summed E-state index contributed by atoms with van der Waals surface area (Å²) in [6.07, 6.45) is 1.70. The van der Waals surface area contributed by atoms with Gasteiger partial charge in [-0.15, -0.1) is 0 Å². The number of aromatic nitrogens is 1. The second-order valence-corrected chi connectivity index (χ2v) is 11.1. The number of esters is 2. The van der Waals surface area contributed by atoms with Crippen LogP contribution in [0.4, 0.5) is 5.69 Å². The molecule has 1 aliphatic heterocycles. The van der Waals surface area contributed by atoms with Crippen molar-refractivity contribution in [2.75, 3.05) is 6.61 Å². The maximum Gasteiger partial charge on any atom is 0.343 e. The second-order valence-electron chi connectivity index (χ2n) is 10.1. The quantitative estimate of drug-likeness (QED) is 0.101. The van der Waals surface area contributed by atoms with Crippen LogP contribution in [0, 0.1) is 10.1 Å². The minimum Gasteiger partial charge on any atom is -0.463 e. The standard InChI is InChI=1S/C35H25N3O7S/c1-2-44-34(41)29-30(23-10-5-3-6-11-23)36-35-37(31(29)24-12-7-4-8-13-24)32(39)28(46-35)20-22-16-18-27(19-17-22)45-33(40)25-14-9-15-26(21-25)38(42)43/h3-21,31H,2H2,1H3/b28-20-/t31-/m0/s1. The molecule has 0 bridgehead atoms. The van der Waals surface area contributed by atoms with E-state index >= 15 is 0 Å². The lowest BCUT2D eigenvalue weighted by Crippen LogP contribution is -2.39. The molecule has 1 atom stereocenters. The van der Waals surface area contributed by atoms with Crippen LogP contribution >= 0.6 is 11.3 Å². The van der Waals surface area contributed by atoms with Gasteiger partial charge < -0.3 is 9.47 Å². The predicted molar refractivity (Wildman–Crippen MR) is 172 cm³/mol. The van der Waals surface area contributed by atoms with E-state index in [1.807, 2.05) is 60.7 Å². The van der Waals surface area contributed by atoms with Gasteiger partial charge in [0.05, 0.1) is 38.9 Å². The molecule has 0 saturated carbocycles. The number of hydrogen-bond donors (Lipinski definition) is 0. The van der Waals surface area contributed by atoms with Crippen molar-refractivity contribution in [2.24, 2.45) is 4.99 Å². The highest BCUT2D eigenvalue weighted by Crippen LogP contribution is 2.35. The van der Waals surface area contributed by atoms with Crippen molar-refractivity contribution >= 4 is 40.7 Å². The van der Waals surface area contributed by atoms with Crippen LogP contribution in [0.15, 0.2) is 125 Å². The molecule has 2 heterocycles. The molecule has 0 amide bonds. The second kappa shape index (κ2) is 13.0. The molecule has 6 rings (SSSR count). The van der Waals surface area contributed by atoms with E-state index in [0.717, 1.165) is 17.2 Å². The molecule has 11 heteroatoms. The van der Waals surface area contributed by atoms with Crippen LogP contribution in [-0.4, -0.2) is 28.0 Å². The van der Waals surface area contributed by atoms with E-state index in [4.69, 9.17) is 14.5 Å². The average molecular weight is 632 g/mol. The van der Waals surface area contributed by atoms with Gasteiger partial charge in [0, 0.05) is 17.7 Å². The first-order chi connectivity index (χ1) is 22.3. The Kier molecular flexibility index (Phi) is 8.48. The third-order valence-electron chi connectivity index (χ3n) is 7.17. The number of nitrogens with zero attached hydrogens (tertiary/aromatic N) is 3. The van der Waals surface area contributed by atoms with E-state index in [9.17, 15) is 24.5 Å². The molecule has 5 aromatic rings. The molecule has 0 aliphatic carbocycles. The molecule has 1 aliphatic rings. The van der Waals surface area contributed by atoms with Gasteiger partial charge >= 0.3 is 11.9 Å². The van der Waals surface area contributed by atoms with Gasteiger partial charge in [0.15, 0.2) is 4.80 Å². The van der Waals surface area contributed by atoms with Crippen LogP contribution in [-0.2, 0) is 9.53 Å². The fourth-order valence-electron chi connectivity index (χ4n) is 5.09. The van der Waals surface area contributed by atoms with Crippen LogP contribution in [0.1, 0.15) is 40.0 Å². The summed E-state index contributed by atoms with van der Waals surface area (Å²) in [5, 5.41) is 11.1. The predicted octanol–water partition coefficient (Wildman–Crippen LogP) is 5.06. The van der Waals surface area contributed by atoms with Crippen molar-refractivity contribution in [1.82, 2.24) is 4.57 Å². The number of non-ortho nitro benzene ring substituents is 1. The molecule has 0 unspecified atom stereocenters. The number of nitro benzene ring substituents is 1. The minimum absolute atomic E-state index is 0.0458. The Morgan fingerprint density at radius 1 is 0.935 bits per heavy atom. The number of rotatable bonds is 8. The maximum absolute atomic E-state index is 14.0. The summed E-state index contributed by atoms with van der Waals surface area (Å²) in [4.78, 5) is 55.8. The monoisotopic (exact) mass is 631 g/mol. The third kappa shape index (κ3) is 6.04. The summed E-state index contributed by atoms with van der Waals surface area (Å²) in [5.41, 5.74) is 2.33. The van der Waals surface area contributed by atoms with Gasteiger partial charge in [0.1, 0.15) is 5.75 Å². The molecule has 1 aromatic heterocycles. The molecule has 46 heavy (non-hydrogen) atoms. The Morgan fingerprint density at radius 3 is 2.30 bits per heavy atom. The zero-order chi connectivity index (χ0) is 32.2. The zero-order valence-corrected chi connectivity index (χ0v) is 25.2. The van der Waals surface area contributed by atoms with Crippen LogP contribution in [0.5, 0.6) is 5.75 Å². The van der Waals surface area contributed by atoms with Crippen molar-refractivity contribution < 1.29 is 24.0 Å². The van der Waals surface area contributed by atoms with E-state index in [1.165, 1.54) is 34.1 Å². The number of ether oxygens (including phenoxy) is 2. The molecule has 10 nitrogen and oxygen atoms in total.